The lowest BCUT2D eigenvalue weighted by atomic mass is 9.49. The fraction of sp³-hybridized carbons (Fsp3) is 0.463. The standard InChI is InChI=1S/C41H45N7O3S/c1-24-31(20-43-48(24)23-41-17-25-14-26(18-41)16-27(15-25)19-41)29-8-9-35(45-36(29)38(50)51-40(2,3)4)47-13-11-28-6-5-7-30(32(28)22-47)37(49)46-39-44-33-10-12-42-21-34(33)52-39/h5-10,12,20-21,25-27H,11,13-19,22-23H2,1-4H3,(H,44,46,49). The van der Waals surface area contributed by atoms with Crippen LogP contribution in [0.3, 0.4) is 0 Å². The van der Waals surface area contributed by atoms with Crippen molar-refractivity contribution >= 4 is 44.4 Å². The molecule has 5 aromatic rings. The molecule has 5 heterocycles. The van der Waals surface area contributed by atoms with Crippen LogP contribution in [0.25, 0.3) is 21.3 Å². The maximum Gasteiger partial charge on any atom is 0.358 e. The third kappa shape index (κ3) is 6.16. The SMILES string of the molecule is Cc1c(-c2ccc(N3CCc4cccc(C(=O)Nc5nc6ccncc6s5)c4C3)nc2C(=O)OC(C)(C)C)cnn1CC12CC3CC(CC(C3)C1)C2. The van der Waals surface area contributed by atoms with Crippen LogP contribution in [0.1, 0.15) is 97.0 Å². The highest BCUT2D eigenvalue weighted by Gasteiger charge is 2.51. The monoisotopic (exact) mass is 715 g/mol. The summed E-state index contributed by atoms with van der Waals surface area (Å²) in [6.07, 6.45) is 14.3. The Balaban J connectivity index is 1.01. The summed E-state index contributed by atoms with van der Waals surface area (Å²) in [7, 11) is 0. The molecule has 5 aliphatic rings. The first-order valence-electron chi connectivity index (χ1n) is 18.6. The zero-order chi connectivity index (χ0) is 35.8. The van der Waals surface area contributed by atoms with Gasteiger partial charge in [0, 0.05) is 54.4 Å². The lowest BCUT2D eigenvalue weighted by Crippen LogP contribution is -2.48. The van der Waals surface area contributed by atoms with Gasteiger partial charge in [-0.15, -0.1) is 0 Å². The lowest BCUT2D eigenvalue weighted by molar-refractivity contribution is -0.0638. The Morgan fingerprint density at radius 3 is 2.48 bits per heavy atom. The molecular formula is C41H45N7O3S. The van der Waals surface area contributed by atoms with E-state index in [9.17, 15) is 9.59 Å². The number of fused-ring (bicyclic) bond motifs is 2. The fourth-order valence-corrected chi connectivity index (χ4v) is 10.8. The van der Waals surface area contributed by atoms with Crippen LogP contribution in [0.2, 0.25) is 0 Å². The minimum Gasteiger partial charge on any atom is -0.455 e. The number of esters is 1. The van der Waals surface area contributed by atoms with Crippen LogP contribution in [0, 0.1) is 30.1 Å². The summed E-state index contributed by atoms with van der Waals surface area (Å²) in [4.78, 5) is 43.5. The molecule has 1 N–H and O–H groups in total. The number of pyridine rings is 2. The van der Waals surface area contributed by atoms with E-state index in [-0.39, 0.29) is 11.6 Å². The normalized spacial score (nSPS) is 23.5. The number of carbonyl (C=O) groups is 2. The number of ether oxygens (including phenoxy) is 1. The highest BCUT2D eigenvalue weighted by Crippen LogP contribution is 2.60. The number of hydrogen-bond acceptors (Lipinski definition) is 9. The smallest absolute Gasteiger partial charge is 0.358 e. The molecule has 0 saturated heterocycles. The molecule has 4 saturated carbocycles. The van der Waals surface area contributed by atoms with Gasteiger partial charge in [0.05, 0.1) is 16.4 Å². The van der Waals surface area contributed by atoms with Crippen LogP contribution in [-0.4, -0.2) is 48.8 Å². The van der Waals surface area contributed by atoms with E-state index in [4.69, 9.17) is 14.8 Å². The van der Waals surface area contributed by atoms with Gasteiger partial charge in [0.15, 0.2) is 10.8 Å². The molecule has 10 rings (SSSR count). The van der Waals surface area contributed by atoms with Gasteiger partial charge in [0.25, 0.3) is 5.91 Å². The molecule has 4 fully saturated rings. The number of aromatic nitrogens is 5. The Morgan fingerprint density at radius 1 is 0.981 bits per heavy atom. The zero-order valence-corrected chi connectivity index (χ0v) is 31.1. The summed E-state index contributed by atoms with van der Waals surface area (Å²) in [6, 6.07) is 11.7. The van der Waals surface area contributed by atoms with Crippen LogP contribution in [0.5, 0.6) is 0 Å². The van der Waals surface area contributed by atoms with Crippen molar-refractivity contribution in [3.05, 3.63) is 83.1 Å². The van der Waals surface area contributed by atoms with E-state index in [1.165, 1.54) is 49.9 Å². The highest BCUT2D eigenvalue weighted by atomic mass is 32.1. The van der Waals surface area contributed by atoms with Gasteiger partial charge in [-0.1, -0.05) is 23.5 Å². The average Bonchev–Trinajstić information content (AvgIpc) is 3.67. The van der Waals surface area contributed by atoms with Crippen molar-refractivity contribution in [2.75, 3.05) is 16.8 Å². The van der Waals surface area contributed by atoms with E-state index >= 15 is 0 Å². The van der Waals surface area contributed by atoms with Crippen LogP contribution in [-0.2, 0) is 24.2 Å². The number of nitrogens with one attached hydrogen (secondary N) is 1. The average molecular weight is 716 g/mol. The molecule has 4 bridgehead atoms. The molecule has 0 radical (unpaired) electrons. The fourth-order valence-electron chi connectivity index (χ4n) is 9.98. The summed E-state index contributed by atoms with van der Waals surface area (Å²) in [5.41, 5.74) is 6.12. The largest absolute Gasteiger partial charge is 0.455 e. The molecule has 0 spiro atoms. The third-order valence-electron chi connectivity index (χ3n) is 11.8. The lowest BCUT2D eigenvalue weighted by Gasteiger charge is -2.56. The third-order valence-corrected chi connectivity index (χ3v) is 12.7. The Kier molecular flexibility index (Phi) is 7.98. The van der Waals surface area contributed by atoms with Gasteiger partial charge in [0.2, 0.25) is 0 Å². The Morgan fingerprint density at radius 2 is 1.75 bits per heavy atom. The van der Waals surface area contributed by atoms with E-state index in [1.807, 2.05) is 57.3 Å². The van der Waals surface area contributed by atoms with Crippen molar-refractivity contribution in [2.45, 2.75) is 91.3 Å². The van der Waals surface area contributed by atoms with Crippen LogP contribution < -0.4 is 10.2 Å². The topological polar surface area (TPSA) is 115 Å². The molecule has 52 heavy (non-hydrogen) atoms. The minimum absolute atomic E-state index is 0.204. The Hall–Kier alpha value is -4.64. The number of nitrogens with zero attached hydrogens (tertiary/aromatic N) is 6. The molecule has 11 heteroatoms. The first-order chi connectivity index (χ1) is 25.0. The first kappa shape index (κ1) is 33.2. The molecule has 1 amide bonds. The molecule has 10 nitrogen and oxygen atoms in total. The van der Waals surface area contributed by atoms with Crippen LogP contribution >= 0.6 is 11.3 Å². The van der Waals surface area contributed by atoms with Gasteiger partial charge in [-0.25, -0.2) is 14.8 Å². The van der Waals surface area contributed by atoms with E-state index in [0.29, 0.717) is 35.0 Å². The van der Waals surface area contributed by atoms with Gasteiger partial charge in [-0.05, 0) is 131 Å². The molecular weight excluding hydrogens is 671 g/mol. The first-order valence-corrected chi connectivity index (χ1v) is 19.5. The van der Waals surface area contributed by atoms with Crippen molar-refractivity contribution < 1.29 is 14.3 Å². The molecule has 0 atom stereocenters. The number of carbonyl (C=O) groups excluding carboxylic acids is 2. The van der Waals surface area contributed by atoms with Gasteiger partial charge in [-0.2, -0.15) is 5.10 Å². The second-order valence-corrected chi connectivity index (χ2v) is 17.7. The molecule has 1 aliphatic heterocycles. The van der Waals surface area contributed by atoms with Crippen molar-refractivity contribution in [1.29, 1.82) is 0 Å². The Labute approximate surface area is 308 Å². The molecule has 1 aromatic carbocycles. The highest BCUT2D eigenvalue weighted by molar-refractivity contribution is 7.22. The molecule has 268 valence electrons. The molecule has 4 aliphatic carbocycles. The van der Waals surface area contributed by atoms with Crippen molar-refractivity contribution in [1.82, 2.24) is 24.7 Å². The van der Waals surface area contributed by atoms with Crippen molar-refractivity contribution in [3.8, 4) is 11.1 Å². The quantitative estimate of drug-likeness (QED) is 0.168. The van der Waals surface area contributed by atoms with Crippen LogP contribution in [0.15, 0.2) is 55.0 Å². The van der Waals surface area contributed by atoms with Gasteiger partial charge >= 0.3 is 5.97 Å². The zero-order valence-electron chi connectivity index (χ0n) is 30.3. The molecule has 4 aromatic heterocycles. The van der Waals surface area contributed by atoms with Gasteiger partial charge in [-0.3, -0.25) is 19.8 Å². The number of amides is 1. The van der Waals surface area contributed by atoms with Crippen molar-refractivity contribution in [3.63, 3.8) is 0 Å². The summed E-state index contributed by atoms with van der Waals surface area (Å²) < 4.78 is 9.05. The molecule has 0 unspecified atom stereocenters. The number of rotatable bonds is 7. The summed E-state index contributed by atoms with van der Waals surface area (Å²) >= 11 is 1.40. The minimum atomic E-state index is -0.685. The number of thiazole rings is 1. The van der Waals surface area contributed by atoms with Gasteiger partial charge < -0.3 is 9.64 Å². The number of benzene rings is 1. The second-order valence-electron chi connectivity index (χ2n) is 16.7. The maximum absolute atomic E-state index is 13.9. The van der Waals surface area contributed by atoms with Crippen molar-refractivity contribution in [2.24, 2.45) is 23.2 Å². The number of hydrogen-bond donors (Lipinski definition) is 1. The van der Waals surface area contributed by atoms with E-state index in [0.717, 1.165) is 68.9 Å². The summed E-state index contributed by atoms with van der Waals surface area (Å²) in [6.45, 7) is 9.87. The van der Waals surface area contributed by atoms with E-state index in [2.05, 4.69) is 37.9 Å². The summed E-state index contributed by atoms with van der Waals surface area (Å²) in [5.74, 6) is 2.63. The maximum atomic E-state index is 13.9. The Bertz CT molecular complexity index is 2150. The van der Waals surface area contributed by atoms with E-state index < -0.39 is 11.6 Å². The number of anilines is 2. The van der Waals surface area contributed by atoms with Crippen LogP contribution in [0.4, 0.5) is 10.9 Å². The second kappa shape index (κ2) is 12.5. The predicted octanol–water partition coefficient (Wildman–Crippen LogP) is 8.24. The summed E-state index contributed by atoms with van der Waals surface area (Å²) in [5, 5.41) is 8.48. The van der Waals surface area contributed by atoms with Gasteiger partial charge in [0.1, 0.15) is 11.4 Å². The van der Waals surface area contributed by atoms with E-state index in [1.54, 1.807) is 12.4 Å². The predicted molar refractivity (Wildman–Crippen MR) is 203 cm³/mol.